The predicted molar refractivity (Wildman–Crippen MR) is 71.1 cm³/mol. The molecule has 2 saturated carbocycles. The first-order valence-corrected chi connectivity index (χ1v) is 7.18. The molecule has 3 rings (SSSR count). The number of hydrogen-bond acceptors (Lipinski definition) is 4. The van der Waals surface area contributed by atoms with Gasteiger partial charge < -0.3 is 11.1 Å². The number of fused-ring (bicyclic) bond motifs is 1. The lowest BCUT2D eigenvalue weighted by Gasteiger charge is -2.19. The first-order chi connectivity index (χ1) is 9.22. The number of nitrogen functional groups attached to an aromatic ring is 1. The van der Waals surface area contributed by atoms with Gasteiger partial charge in [0.2, 0.25) is 11.9 Å². The second kappa shape index (κ2) is 5.19. The van der Waals surface area contributed by atoms with E-state index in [0.29, 0.717) is 24.7 Å². The topological polar surface area (TPSA) is 96.7 Å². The lowest BCUT2D eigenvalue weighted by Crippen LogP contribution is -2.37. The molecule has 0 aromatic carbocycles. The van der Waals surface area contributed by atoms with Crippen LogP contribution in [0.2, 0.25) is 0 Å². The van der Waals surface area contributed by atoms with Crippen LogP contribution in [0.1, 0.15) is 44.3 Å². The SMILES string of the molecule is Nc1n[nH]c(CCC(=O)N[C@H]2CC[C@@H]3CCC[C@@H]32)n1. The van der Waals surface area contributed by atoms with Crippen molar-refractivity contribution < 1.29 is 4.79 Å². The number of amides is 1. The molecule has 6 heteroatoms. The third-order valence-electron chi connectivity index (χ3n) is 4.57. The van der Waals surface area contributed by atoms with E-state index in [0.717, 1.165) is 18.3 Å². The van der Waals surface area contributed by atoms with Crippen molar-refractivity contribution >= 4 is 11.9 Å². The summed E-state index contributed by atoms with van der Waals surface area (Å²) in [5.74, 6) is 2.62. The Morgan fingerprint density at radius 1 is 1.37 bits per heavy atom. The smallest absolute Gasteiger partial charge is 0.239 e. The van der Waals surface area contributed by atoms with Gasteiger partial charge in [-0.05, 0) is 31.1 Å². The van der Waals surface area contributed by atoms with Gasteiger partial charge in [0, 0.05) is 18.9 Å². The first-order valence-electron chi connectivity index (χ1n) is 7.18. The van der Waals surface area contributed by atoms with E-state index in [1.165, 1.54) is 25.7 Å². The Hall–Kier alpha value is -1.59. The lowest BCUT2D eigenvalue weighted by molar-refractivity contribution is -0.122. The van der Waals surface area contributed by atoms with Crippen molar-refractivity contribution in [1.29, 1.82) is 0 Å². The number of carbonyl (C=O) groups excluding carboxylic acids is 1. The van der Waals surface area contributed by atoms with Crippen molar-refractivity contribution in [3.05, 3.63) is 5.82 Å². The molecule has 4 N–H and O–H groups in total. The third kappa shape index (κ3) is 2.72. The Bertz CT molecular complexity index is 458. The predicted octanol–water partition coefficient (Wildman–Crippen LogP) is 1.01. The number of aromatic amines is 1. The van der Waals surface area contributed by atoms with Crippen LogP contribution >= 0.6 is 0 Å². The number of nitrogens with one attached hydrogen (secondary N) is 2. The molecule has 0 saturated heterocycles. The number of aryl methyl sites for hydroxylation is 1. The van der Waals surface area contributed by atoms with Gasteiger partial charge in [0.15, 0.2) is 0 Å². The molecule has 1 amide bonds. The highest BCUT2D eigenvalue weighted by atomic mass is 16.1. The molecule has 1 aromatic rings. The molecule has 2 aliphatic rings. The molecule has 0 radical (unpaired) electrons. The molecule has 0 aliphatic heterocycles. The van der Waals surface area contributed by atoms with Gasteiger partial charge in [-0.3, -0.25) is 9.89 Å². The fraction of sp³-hybridized carbons (Fsp3) is 0.769. The van der Waals surface area contributed by atoms with Crippen molar-refractivity contribution in [1.82, 2.24) is 20.5 Å². The number of nitrogens with zero attached hydrogens (tertiary/aromatic N) is 2. The Morgan fingerprint density at radius 3 is 3.05 bits per heavy atom. The average molecular weight is 263 g/mol. The molecule has 1 heterocycles. The van der Waals surface area contributed by atoms with Crippen LogP contribution in [0.4, 0.5) is 5.95 Å². The average Bonchev–Trinajstić information content (AvgIpc) is 3.05. The maximum Gasteiger partial charge on any atom is 0.239 e. The van der Waals surface area contributed by atoms with Crippen LogP contribution in [-0.4, -0.2) is 27.1 Å². The standard InChI is InChI=1S/C13H21N5O/c14-13-16-11(17-18-13)6-7-12(19)15-10-5-4-8-2-1-3-9(8)10/h8-10H,1-7H2,(H,15,19)(H3,14,16,17,18)/t8-,9-,10-/m0/s1. The molecule has 104 valence electrons. The normalized spacial score (nSPS) is 29.4. The third-order valence-corrected chi connectivity index (χ3v) is 4.57. The number of nitrogens with two attached hydrogens (primary N) is 1. The summed E-state index contributed by atoms with van der Waals surface area (Å²) >= 11 is 0. The zero-order valence-corrected chi connectivity index (χ0v) is 11.1. The quantitative estimate of drug-likeness (QED) is 0.755. The highest BCUT2D eigenvalue weighted by molar-refractivity contribution is 5.76. The highest BCUT2D eigenvalue weighted by Crippen LogP contribution is 2.43. The van der Waals surface area contributed by atoms with Crippen LogP contribution in [0.25, 0.3) is 0 Å². The summed E-state index contributed by atoms with van der Waals surface area (Å²) in [5.41, 5.74) is 5.42. The minimum atomic E-state index is 0.118. The highest BCUT2D eigenvalue weighted by Gasteiger charge is 2.39. The summed E-state index contributed by atoms with van der Waals surface area (Å²) in [6.45, 7) is 0. The monoisotopic (exact) mass is 263 g/mol. The number of rotatable bonds is 4. The van der Waals surface area contributed by atoms with Crippen LogP contribution in [0.5, 0.6) is 0 Å². The summed E-state index contributed by atoms with van der Waals surface area (Å²) in [7, 11) is 0. The second-order valence-corrected chi connectivity index (χ2v) is 5.75. The minimum absolute atomic E-state index is 0.118. The molecular formula is C13H21N5O. The van der Waals surface area contributed by atoms with Crippen LogP contribution in [0, 0.1) is 11.8 Å². The van der Waals surface area contributed by atoms with E-state index in [1.807, 2.05) is 0 Å². The van der Waals surface area contributed by atoms with E-state index < -0.39 is 0 Å². The van der Waals surface area contributed by atoms with E-state index in [4.69, 9.17) is 5.73 Å². The summed E-state index contributed by atoms with van der Waals surface area (Å²) in [4.78, 5) is 16.0. The van der Waals surface area contributed by atoms with Crippen molar-refractivity contribution in [3.8, 4) is 0 Å². The van der Waals surface area contributed by atoms with Gasteiger partial charge in [0.1, 0.15) is 5.82 Å². The minimum Gasteiger partial charge on any atom is -0.367 e. The van der Waals surface area contributed by atoms with Crippen molar-refractivity contribution in [2.24, 2.45) is 11.8 Å². The molecule has 19 heavy (non-hydrogen) atoms. The van der Waals surface area contributed by atoms with Crippen molar-refractivity contribution in [2.45, 2.75) is 51.0 Å². The van der Waals surface area contributed by atoms with Crippen LogP contribution in [0.3, 0.4) is 0 Å². The van der Waals surface area contributed by atoms with E-state index in [9.17, 15) is 4.79 Å². The summed E-state index contributed by atoms with van der Waals surface area (Å²) in [6, 6.07) is 0.403. The largest absolute Gasteiger partial charge is 0.367 e. The van der Waals surface area contributed by atoms with Gasteiger partial charge >= 0.3 is 0 Å². The van der Waals surface area contributed by atoms with E-state index in [2.05, 4.69) is 20.5 Å². The first kappa shape index (κ1) is 12.4. The lowest BCUT2D eigenvalue weighted by atomic mass is 9.97. The number of H-pyrrole nitrogens is 1. The van der Waals surface area contributed by atoms with E-state index in [1.54, 1.807) is 0 Å². The van der Waals surface area contributed by atoms with Gasteiger partial charge in [-0.2, -0.15) is 4.98 Å². The molecule has 2 fully saturated rings. The Labute approximate surface area is 112 Å². The number of aromatic nitrogens is 3. The zero-order valence-electron chi connectivity index (χ0n) is 11.1. The van der Waals surface area contributed by atoms with E-state index >= 15 is 0 Å². The second-order valence-electron chi connectivity index (χ2n) is 5.75. The number of hydrogen-bond donors (Lipinski definition) is 3. The fourth-order valence-corrected chi connectivity index (χ4v) is 3.67. The molecule has 0 spiro atoms. The zero-order chi connectivity index (χ0) is 13.2. The Kier molecular flexibility index (Phi) is 3.40. The molecule has 0 unspecified atom stereocenters. The Balaban J connectivity index is 1.46. The molecular weight excluding hydrogens is 242 g/mol. The van der Waals surface area contributed by atoms with Crippen molar-refractivity contribution in [3.63, 3.8) is 0 Å². The van der Waals surface area contributed by atoms with Gasteiger partial charge in [-0.15, -0.1) is 5.10 Å². The molecule has 2 aliphatic carbocycles. The Morgan fingerprint density at radius 2 is 2.26 bits per heavy atom. The fourth-order valence-electron chi connectivity index (χ4n) is 3.67. The summed E-state index contributed by atoms with van der Waals surface area (Å²) in [6.07, 6.45) is 7.42. The van der Waals surface area contributed by atoms with Gasteiger partial charge in [-0.1, -0.05) is 12.8 Å². The maximum atomic E-state index is 12.0. The molecule has 6 nitrogen and oxygen atoms in total. The van der Waals surface area contributed by atoms with Crippen molar-refractivity contribution in [2.75, 3.05) is 5.73 Å². The molecule has 1 aromatic heterocycles. The van der Waals surface area contributed by atoms with Crippen LogP contribution < -0.4 is 11.1 Å². The van der Waals surface area contributed by atoms with Gasteiger partial charge in [0.25, 0.3) is 0 Å². The van der Waals surface area contributed by atoms with Crippen LogP contribution in [0.15, 0.2) is 0 Å². The van der Waals surface area contributed by atoms with Gasteiger partial charge in [-0.25, -0.2) is 0 Å². The number of anilines is 1. The summed E-state index contributed by atoms with van der Waals surface area (Å²) in [5, 5.41) is 9.67. The van der Waals surface area contributed by atoms with Gasteiger partial charge in [0.05, 0.1) is 0 Å². The molecule has 0 bridgehead atoms. The molecule has 3 atom stereocenters. The number of carbonyl (C=O) groups is 1. The summed E-state index contributed by atoms with van der Waals surface area (Å²) < 4.78 is 0. The van der Waals surface area contributed by atoms with Crippen LogP contribution in [-0.2, 0) is 11.2 Å². The maximum absolute atomic E-state index is 12.0. The van der Waals surface area contributed by atoms with E-state index in [-0.39, 0.29) is 11.9 Å².